The Kier molecular flexibility index (Phi) is 3.65. The third kappa shape index (κ3) is 2.25. The summed E-state index contributed by atoms with van der Waals surface area (Å²) >= 11 is 0. The number of aryl methyl sites for hydroxylation is 1. The van der Waals surface area contributed by atoms with Crippen LogP contribution in [0.3, 0.4) is 0 Å². The molecule has 2 rings (SSSR count). The van der Waals surface area contributed by atoms with Crippen molar-refractivity contribution in [2.24, 2.45) is 0 Å². The monoisotopic (exact) mass is 260 g/mol. The Hall–Kier alpha value is -1.77. The van der Waals surface area contributed by atoms with Crippen molar-refractivity contribution in [1.82, 2.24) is 0 Å². The molecule has 1 aliphatic carbocycles. The maximum Gasteiger partial charge on any atom is 0.161 e. The van der Waals surface area contributed by atoms with E-state index in [4.69, 9.17) is 9.47 Å². The van der Waals surface area contributed by atoms with E-state index in [1.807, 2.05) is 19.1 Å². The van der Waals surface area contributed by atoms with Gasteiger partial charge in [0.25, 0.3) is 0 Å². The Morgan fingerprint density at radius 2 is 2.00 bits per heavy atom. The van der Waals surface area contributed by atoms with E-state index in [0.29, 0.717) is 12.2 Å². The first-order valence-electron chi connectivity index (χ1n) is 6.42. The van der Waals surface area contributed by atoms with Crippen LogP contribution in [0.2, 0.25) is 0 Å². The predicted octanol–water partition coefficient (Wildman–Crippen LogP) is 3.05. The van der Waals surface area contributed by atoms with Gasteiger partial charge in [-0.1, -0.05) is 5.57 Å². The van der Waals surface area contributed by atoms with E-state index in [-0.39, 0.29) is 0 Å². The quantitative estimate of drug-likeness (QED) is 0.603. The average Bonchev–Trinajstić information content (AvgIpc) is 2.75. The fraction of sp³-hybridized carbons (Fsp3) is 0.438. The molecule has 0 N–H and O–H groups in total. The van der Waals surface area contributed by atoms with Crippen LogP contribution in [0.5, 0.6) is 11.5 Å². The van der Waals surface area contributed by atoms with Crippen LogP contribution in [-0.4, -0.2) is 20.5 Å². The van der Waals surface area contributed by atoms with Gasteiger partial charge in [0, 0.05) is 0 Å². The van der Waals surface area contributed by atoms with Gasteiger partial charge in [-0.3, -0.25) is 0 Å². The highest BCUT2D eigenvalue weighted by Crippen LogP contribution is 2.45. The molecule has 0 bridgehead atoms. The Balaban J connectivity index is 2.54. The Labute approximate surface area is 114 Å². The number of carbonyl (C=O) groups is 1. The molecule has 0 aromatic heterocycles. The molecule has 3 heteroatoms. The fourth-order valence-corrected chi connectivity index (χ4v) is 2.97. The summed E-state index contributed by atoms with van der Waals surface area (Å²) in [6, 6.07) is 3.93. The number of fused-ring (bicyclic) bond motifs is 1. The van der Waals surface area contributed by atoms with Crippen molar-refractivity contribution < 1.29 is 14.3 Å². The lowest BCUT2D eigenvalue weighted by atomic mass is 9.78. The van der Waals surface area contributed by atoms with Crippen LogP contribution in [0.15, 0.2) is 24.3 Å². The van der Waals surface area contributed by atoms with Crippen LogP contribution >= 0.6 is 0 Å². The second-order valence-corrected chi connectivity index (χ2v) is 5.27. The first-order chi connectivity index (χ1) is 9.06. The highest BCUT2D eigenvalue weighted by atomic mass is 16.5. The van der Waals surface area contributed by atoms with Gasteiger partial charge in [0.05, 0.1) is 19.6 Å². The van der Waals surface area contributed by atoms with Crippen molar-refractivity contribution >= 4 is 6.29 Å². The van der Waals surface area contributed by atoms with E-state index < -0.39 is 5.41 Å². The average molecular weight is 260 g/mol. The minimum Gasteiger partial charge on any atom is -0.493 e. The molecule has 1 unspecified atom stereocenters. The van der Waals surface area contributed by atoms with Crippen molar-refractivity contribution in [3.05, 3.63) is 35.4 Å². The molecule has 102 valence electrons. The Morgan fingerprint density at radius 1 is 1.37 bits per heavy atom. The lowest BCUT2D eigenvalue weighted by Gasteiger charge is -2.24. The lowest BCUT2D eigenvalue weighted by Crippen LogP contribution is -2.25. The third-order valence-corrected chi connectivity index (χ3v) is 3.83. The molecule has 0 saturated heterocycles. The maximum absolute atomic E-state index is 11.7. The lowest BCUT2D eigenvalue weighted by molar-refractivity contribution is -0.112. The smallest absolute Gasteiger partial charge is 0.161 e. The minimum atomic E-state index is -0.444. The summed E-state index contributed by atoms with van der Waals surface area (Å²) in [4.78, 5) is 11.7. The number of benzene rings is 1. The van der Waals surface area contributed by atoms with E-state index >= 15 is 0 Å². The van der Waals surface area contributed by atoms with Gasteiger partial charge in [-0.05, 0) is 49.4 Å². The molecule has 3 nitrogen and oxygen atoms in total. The van der Waals surface area contributed by atoms with Gasteiger partial charge in [0.2, 0.25) is 0 Å². The van der Waals surface area contributed by atoms with Gasteiger partial charge < -0.3 is 14.3 Å². The van der Waals surface area contributed by atoms with Crippen molar-refractivity contribution in [1.29, 1.82) is 0 Å². The van der Waals surface area contributed by atoms with Gasteiger partial charge in [-0.15, -0.1) is 6.58 Å². The second kappa shape index (κ2) is 5.08. The second-order valence-electron chi connectivity index (χ2n) is 5.27. The molecule has 19 heavy (non-hydrogen) atoms. The number of aldehydes is 1. The van der Waals surface area contributed by atoms with Crippen LogP contribution in [0.4, 0.5) is 0 Å². The van der Waals surface area contributed by atoms with E-state index in [1.165, 1.54) is 5.56 Å². The molecule has 0 radical (unpaired) electrons. The topological polar surface area (TPSA) is 35.5 Å². The van der Waals surface area contributed by atoms with Gasteiger partial charge in [0.15, 0.2) is 11.5 Å². The number of ether oxygens (including phenoxy) is 2. The molecule has 1 aromatic carbocycles. The number of methoxy groups -OCH3 is 2. The van der Waals surface area contributed by atoms with Crippen LogP contribution in [0.25, 0.3) is 0 Å². The zero-order valence-electron chi connectivity index (χ0n) is 11.8. The molecule has 1 aromatic rings. The van der Waals surface area contributed by atoms with Crippen molar-refractivity contribution in [2.75, 3.05) is 14.2 Å². The zero-order chi connectivity index (χ0) is 14.0. The van der Waals surface area contributed by atoms with Crippen LogP contribution in [0.1, 0.15) is 30.9 Å². The summed E-state index contributed by atoms with van der Waals surface area (Å²) in [5.74, 6) is 1.40. The molecular weight excluding hydrogens is 240 g/mol. The Morgan fingerprint density at radius 3 is 2.53 bits per heavy atom. The van der Waals surface area contributed by atoms with Crippen LogP contribution in [0, 0.1) is 0 Å². The molecule has 0 spiro atoms. The Bertz CT molecular complexity index is 519. The summed E-state index contributed by atoms with van der Waals surface area (Å²) in [6.45, 7) is 5.91. The number of allylic oxidation sites excluding steroid dienone is 1. The molecular formula is C16H20O3. The SMILES string of the molecule is C=C(C)CC1(C=O)CCc2cc(OC)c(OC)cc21. The molecule has 0 saturated carbocycles. The third-order valence-electron chi connectivity index (χ3n) is 3.83. The summed E-state index contributed by atoms with van der Waals surface area (Å²) < 4.78 is 10.7. The number of rotatable bonds is 5. The predicted molar refractivity (Wildman–Crippen MR) is 75.0 cm³/mol. The minimum absolute atomic E-state index is 0.444. The number of carbonyl (C=O) groups excluding carboxylic acids is 1. The summed E-state index contributed by atoms with van der Waals surface area (Å²) in [7, 11) is 3.24. The van der Waals surface area contributed by atoms with Crippen molar-refractivity contribution in [2.45, 2.75) is 31.6 Å². The first-order valence-corrected chi connectivity index (χ1v) is 6.42. The summed E-state index contributed by atoms with van der Waals surface area (Å²) in [5.41, 5.74) is 2.81. The fourth-order valence-electron chi connectivity index (χ4n) is 2.97. The highest BCUT2D eigenvalue weighted by Gasteiger charge is 2.39. The molecule has 0 amide bonds. The largest absolute Gasteiger partial charge is 0.493 e. The van der Waals surface area contributed by atoms with E-state index in [0.717, 1.165) is 36.0 Å². The molecule has 0 fully saturated rings. The molecule has 0 heterocycles. The van der Waals surface area contributed by atoms with E-state index in [9.17, 15) is 4.79 Å². The van der Waals surface area contributed by atoms with E-state index in [1.54, 1.807) is 14.2 Å². The van der Waals surface area contributed by atoms with Crippen molar-refractivity contribution in [3.63, 3.8) is 0 Å². The van der Waals surface area contributed by atoms with Gasteiger partial charge in [-0.2, -0.15) is 0 Å². The summed E-state index contributed by atoms with van der Waals surface area (Å²) in [5, 5.41) is 0. The molecule has 1 aliphatic rings. The maximum atomic E-state index is 11.7. The number of hydrogen-bond donors (Lipinski definition) is 0. The molecule has 0 aliphatic heterocycles. The standard InChI is InChI=1S/C16H20O3/c1-11(2)9-16(10-17)6-5-12-7-14(18-3)15(19-4)8-13(12)16/h7-8,10H,1,5-6,9H2,2-4H3. The van der Waals surface area contributed by atoms with Gasteiger partial charge in [-0.25, -0.2) is 0 Å². The van der Waals surface area contributed by atoms with Crippen LogP contribution in [-0.2, 0) is 16.6 Å². The van der Waals surface area contributed by atoms with Gasteiger partial charge >= 0.3 is 0 Å². The highest BCUT2D eigenvalue weighted by molar-refractivity contribution is 5.73. The summed E-state index contributed by atoms with van der Waals surface area (Å²) in [6.07, 6.45) is 3.48. The molecule has 1 atom stereocenters. The van der Waals surface area contributed by atoms with E-state index in [2.05, 4.69) is 6.58 Å². The zero-order valence-corrected chi connectivity index (χ0v) is 11.8. The normalized spacial score (nSPS) is 20.8. The first kappa shape index (κ1) is 13.7. The van der Waals surface area contributed by atoms with Crippen molar-refractivity contribution in [3.8, 4) is 11.5 Å². The number of hydrogen-bond acceptors (Lipinski definition) is 3. The van der Waals surface area contributed by atoms with Crippen LogP contribution < -0.4 is 9.47 Å². The van der Waals surface area contributed by atoms with Gasteiger partial charge in [0.1, 0.15) is 6.29 Å².